The average Bonchev–Trinajstić information content (AvgIpc) is 2.75. The summed E-state index contributed by atoms with van der Waals surface area (Å²) in [7, 11) is 1.00. The summed E-state index contributed by atoms with van der Waals surface area (Å²) < 4.78 is 5.33. The van der Waals surface area contributed by atoms with Gasteiger partial charge in [-0.25, -0.2) is 4.79 Å². The van der Waals surface area contributed by atoms with Gasteiger partial charge in [0.1, 0.15) is 6.61 Å². The highest BCUT2D eigenvalue weighted by molar-refractivity contribution is 5.67. The molecule has 1 aromatic rings. The summed E-state index contributed by atoms with van der Waals surface area (Å²) in [6.07, 6.45) is 8.05. The minimum absolute atomic E-state index is 0. The number of ether oxygens (including phenoxy) is 1. The first kappa shape index (κ1) is 34.5. The molecule has 2 fully saturated rings. The van der Waals surface area contributed by atoms with Gasteiger partial charge in [0.05, 0.1) is 17.7 Å². The Morgan fingerprint density at radius 2 is 1.53 bits per heavy atom. The minimum atomic E-state index is -0.813. The van der Waals surface area contributed by atoms with Gasteiger partial charge in [0.2, 0.25) is 0 Å². The van der Waals surface area contributed by atoms with Gasteiger partial charge >= 0.3 is 6.09 Å². The first-order valence-corrected chi connectivity index (χ1v) is 11.8. The molecule has 0 aliphatic carbocycles. The zero-order chi connectivity index (χ0) is 23.9. The summed E-state index contributed by atoms with van der Waals surface area (Å²) in [5.74, 6) is 0. The van der Waals surface area contributed by atoms with Gasteiger partial charge in [0.15, 0.2) is 0 Å². The van der Waals surface area contributed by atoms with Gasteiger partial charge in [-0.2, -0.15) is 0 Å². The van der Waals surface area contributed by atoms with Crippen molar-refractivity contribution in [1.82, 2.24) is 10.2 Å². The number of amides is 1. The molecule has 0 spiro atoms. The van der Waals surface area contributed by atoms with Gasteiger partial charge in [-0.3, -0.25) is 0 Å². The fraction of sp³-hybridized carbons (Fsp3) is 0.741. The van der Waals surface area contributed by atoms with Crippen molar-refractivity contribution in [3.8, 4) is 0 Å². The van der Waals surface area contributed by atoms with Gasteiger partial charge in [0, 0.05) is 20.2 Å². The number of nitrogens with one attached hydrogen (secondary N) is 1. The van der Waals surface area contributed by atoms with E-state index < -0.39 is 11.2 Å². The van der Waals surface area contributed by atoms with Crippen molar-refractivity contribution in [2.75, 3.05) is 33.3 Å². The predicted octanol–water partition coefficient (Wildman–Crippen LogP) is 4.73. The number of carbonyl (C=O) groups is 1. The molecule has 2 aliphatic heterocycles. The van der Waals surface area contributed by atoms with Crippen molar-refractivity contribution in [3.63, 3.8) is 0 Å². The van der Waals surface area contributed by atoms with Crippen LogP contribution in [0.2, 0.25) is 0 Å². The standard InChI is InChI=1S/C16H23NO3.C8H17NO.CH4O.2CH4/c1-16(19)10-6-3-7-11-17(13-16)15(18)20-12-14-8-4-2-5-9-14;1-8(10)5-3-2-4-6-9-7-8;1-2;;/h2,4-5,8-9,19H,3,6-7,10-13H2,1H3;9-10H,2-7H2,1H3;2H,1H3;2*1H4. The summed E-state index contributed by atoms with van der Waals surface area (Å²) >= 11 is 0. The summed E-state index contributed by atoms with van der Waals surface area (Å²) in [5.41, 5.74) is -0.299. The number of β-amino-alcohol motifs (C(OH)–C–C–N with tert-alkyl or cyclic N) is 2. The van der Waals surface area contributed by atoms with E-state index in [2.05, 4.69) is 5.32 Å². The van der Waals surface area contributed by atoms with E-state index in [4.69, 9.17) is 9.84 Å². The molecule has 1 amide bonds. The van der Waals surface area contributed by atoms with Crippen LogP contribution >= 0.6 is 0 Å². The Morgan fingerprint density at radius 1 is 0.941 bits per heavy atom. The van der Waals surface area contributed by atoms with E-state index in [9.17, 15) is 15.0 Å². The quantitative estimate of drug-likeness (QED) is 0.484. The van der Waals surface area contributed by atoms with Crippen LogP contribution in [0.25, 0.3) is 0 Å². The normalized spacial score (nSPS) is 24.9. The number of aliphatic hydroxyl groups is 3. The topological polar surface area (TPSA) is 102 Å². The highest BCUT2D eigenvalue weighted by Crippen LogP contribution is 2.20. The summed E-state index contributed by atoms with van der Waals surface area (Å²) in [5, 5.41) is 30.1. The fourth-order valence-corrected chi connectivity index (χ4v) is 3.90. The molecule has 200 valence electrons. The lowest BCUT2D eigenvalue weighted by Crippen LogP contribution is -2.45. The van der Waals surface area contributed by atoms with E-state index in [1.54, 1.807) is 11.8 Å². The van der Waals surface area contributed by atoms with E-state index in [0.29, 0.717) is 13.1 Å². The van der Waals surface area contributed by atoms with Crippen molar-refractivity contribution < 1.29 is 24.9 Å². The average molecular weight is 485 g/mol. The Kier molecular flexibility index (Phi) is 18.9. The smallest absolute Gasteiger partial charge is 0.410 e. The van der Waals surface area contributed by atoms with Crippen molar-refractivity contribution in [2.24, 2.45) is 0 Å². The number of likely N-dealkylation sites (tertiary alicyclic amines) is 1. The largest absolute Gasteiger partial charge is 0.445 e. The van der Waals surface area contributed by atoms with Crippen LogP contribution in [0.1, 0.15) is 85.6 Å². The van der Waals surface area contributed by atoms with Gasteiger partial charge in [-0.05, 0) is 51.6 Å². The Balaban J connectivity index is 0. The van der Waals surface area contributed by atoms with Crippen LogP contribution in [0.5, 0.6) is 0 Å². The number of rotatable bonds is 2. The third-order valence-electron chi connectivity index (χ3n) is 5.71. The maximum Gasteiger partial charge on any atom is 0.410 e. The predicted molar refractivity (Wildman–Crippen MR) is 141 cm³/mol. The van der Waals surface area contributed by atoms with Gasteiger partial charge in [-0.15, -0.1) is 0 Å². The van der Waals surface area contributed by atoms with E-state index in [-0.39, 0.29) is 27.6 Å². The second-order valence-corrected chi connectivity index (χ2v) is 9.25. The number of hydrogen-bond acceptors (Lipinski definition) is 6. The lowest BCUT2D eigenvalue weighted by atomic mass is 9.95. The Bertz CT molecular complexity index is 613. The van der Waals surface area contributed by atoms with Gasteiger partial charge < -0.3 is 30.3 Å². The molecule has 2 aliphatic rings. The number of carbonyl (C=O) groups excluding carboxylic acids is 1. The van der Waals surface area contributed by atoms with E-state index in [0.717, 1.165) is 57.9 Å². The molecule has 34 heavy (non-hydrogen) atoms. The number of nitrogens with zero attached hydrogens (tertiary/aromatic N) is 1. The number of aliphatic hydroxyl groups excluding tert-OH is 1. The summed E-state index contributed by atoms with van der Waals surface area (Å²) in [6.45, 7) is 6.80. The molecule has 0 saturated carbocycles. The van der Waals surface area contributed by atoms with Crippen LogP contribution in [-0.2, 0) is 11.3 Å². The third kappa shape index (κ3) is 15.3. The fourth-order valence-electron chi connectivity index (χ4n) is 3.90. The molecule has 0 bridgehead atoms. The minimum Gasteiger partial charge on any atom is -0.445 e. The maximum atomic E-state index is 12.1. The molecule has 0 radical (unpaired) electrons. The van der Waals surface area contributed by atoms with Gasteiger partial charge in [0.25, 0.3) is 0 Å². The summed E-state index contributed by atoms with van der Waals surface area (Å²) in [6, 6.07) is 9.63. The van der Waals surface area contributed by atoms with Crippen LogP contribution in [0.15, 0.2) is 30.3 Å². The zero-order valence-corrected chi connectivity index (χ0v) is 20.2. The highest BCUT2D eigenvalue weighted by Gasteiger charge is 2.28. The molecule has 2 unspecified atom stereocenters. The first-order chi connectivity index (χ1) is 15.3. The first-order valence-electron chi connectivity index (χ1n) is 11.8. The second-order valence-electron chi connectivity index (χ2n) is 9.25. The van der Waals surface area contributed by atoms with Gasteiger partial charge in [-0.1, -0.05) is 70.9 Å². The van der Waals surface area contributed by atoms with Crippen LogP contribution in [0, 0.1) is 0 Å². The molecule has 7 nitrogen and oxygen atoms in total. The molecule has 2 saturated heterocycles. The summed E-state index contributed by atoms with van der Waals surface area (Å²) in [4.78, 5) is 13.7. The van der Waals surface area contributed by atoms with Crippen molar-refractivity contribution in [3.05, 3.63) is 35.9 Å². The maximum absolute atomic E-state index is 12.1. The van der Waals surface area contributed by atoms with Crippen LogP contribution in [-0.4, -0.2) is 70.8 Å². The molecule has 0 aromatic heterocycles. The van der Waals surface area contributed by atoms with E-state index >= 15 is 0 Å². The molecule has 1 aromatic carbocycles. The molecule has 4 N–H and O–H groups in total. The SMILES string of the molecule is C.C.CC1(O)CCCCCN(C(=O)OCc2ccccc2)C1.CC1(O)CCCCCNC1.CO. The number of hydrogen-bond donors (Lipinski definition) is 4. The molecular weight excluding hydrogens is 432 g/mol. The highest BCUT2D eigenvalue weighted by atomic mass is 16.6. The monoisotopic (exact) mass is 484 g/mol. The Labute approximate surface area is 208 Å². The molecule has 7 heteroatoms. The molecule has 2 heterocycles. The molecule has 2 atom stereocenters. The molecule has 3 rings (SSSR count). The third-order valence-corrected chi connectivity index (χ3v) is 5.71. The Hall–Kier alpha value is -1.67. The lowest BCUT2D eigenvalue weighted by Gasteiger charge is -2.33. The number of benzene rings is 1. The Morgan fingerprint density at radius 3 is 2.18 bits per heavy atom. The van der Waals surface area contributed by atoms with Crippen LogP contribution in [0.3, 0.4) is 0 Å². The van der Waals surface area contributed by atoms with Crippen LogP contribution < -0.4 is 5.32 Å². The second kappa shape index (κ2) is 18.6. The van der Waals surface area contributed by atoms with Crippen molar-refractivity contribution >= 4 is 6.09 Å². The van der Waals surface area contributed by atoms with E-state index in [1.807, 2.05) is 37.3 Å². The van der Waals surface area contributed by atoms with Crippen LogP contribution in [0.4, 0.5) is 4.79 Å². The van der Waals surface area contributed by atoms with Crippen molar-refractivity contribution in [1.29, 1.82) is 0 Å². The molecular formula is C27H52N2O5. The lowest BCUT2D eigenvalue weighted by molar-refractivity contribution is -0.000666. The zero-order valence-electron chi connectivity index (χ0n) is 20.2. The van der Waals surface area contributed by atoms with Crippen molar-refractivity contribution in [2.45, 2.75) is 97.9 Å². The van der Waals surface area contributed by atoms with E-state index in [1.165, 1.54) is 19.3 Å².